The zero-order chi connectivity index (χ0) is 14.3. The van der Waals surface area contributed by atoms with E-state index in [1.54, 1.807) is 5.57 Å². The molecule has 114 valence electrons. The van der Waals surface area contributed by atoms with E-state index in [0.717, 1.165) is 19.7 Å². The lowest BCUT2D eigenvalue weighted by Crippen LogP contribution is -2.22. The lowest BCUT2D eigenvalue weighted by Gasteiger charge is -2.22. The van der Waals surface area contributed by atoms with Crippen molar-refractivity contribution >= 4 is 11.8 Å². The van der Waals surface area contributed by atoms with E-state index >= 15 is 0 Å². The summed E-state index contributed by atoms with van der Waals surface area (Å²) in [6, 6.07) is 0. The maximum absolute atomic E-state index is 5.70. The van der Waals surface area contributed by atoms with Crippen molar-refractivity contribution in [3.8, 4) is 0 Å². The molecule has 3 heteroatoms. The van der Waals surface area contributed by atoms with Gasteiger partial charge in [-0.2, -0.15) is 11.8 Å². The van der Waals surface area contributed by atoms with Gasteiger partial charge >= 0.3 is 0 Å². The van der Waals surface area contributed by atoms with Crippen LogP contribution in [0.5, 0.6) is 0 Å². The molecule has 0 bridgehead atoms. The van der Waals surface area contributed by atoms with Crippen LogP contribution in [0.1, 0.15) is 59.3 Å². The van der Waals surface area contributed by atoms with Gasteiger partial charge in [0.25, 0.3) is 0 Å². The molecule has 0 aromatic carbocycles. The zero-order valence-corrected chi connectivity index (χ0v) is 14.2. The summed E-state index contributed by atoms with van der Waals surface area (Å²) in [6.07, 6.45) is 10.0. The molecule has 19 heavy (non-hydrogen) atoms. The average Bonchev–Trinajstić information content (AvgIpc) is 2.38. The first kappa shape index (κ1) is 18.9. The Balaban J connectivity index is 0.00000154. The Morgan fingerprint density at radius 2 is 1.95 bits per heavy atom. The standard InChI is InChI=1S/C14H27NOS.C2H6/c1-3-16-14(13-8-7-9-13)12-15-10-5-4-6-11-17-2;1-2/h15H,3-12H2,1-2H3;1-2H3. The fraction of sp³-hybridized carbons (Fsp3) is 0.875. The minimum absolute atomic E-state index is 0.800. The quantitative estimate of drug-likeness (QED) is 0.468. The van der Waals surface area contributed by atoms with Gasteiger partial charge in [-0.3, -0.25) is 0 Å². The van der Waals surface area contributed by atoms with E-state index in [0.29, 0.717) is 0 Å². The van der Waals surface area contributed by atoms with Crippen molar-refractivity contribution in [3.05, 3.63) is 11.3 Å². The van der Waals surface area contributed by atoms with Crippen LogP contribution in [0.2, 0.25) is 0 Å². The summed E-state index contributed by atoms with van der Waals surface area (Å²) in [5.41, 5.74) is 1.54. The number of hydrogen-bond acceptors (Lipinski definition) is 3. The van der Waals surface area contributed by atoms with Crippen molar-refractivity contribution in [1.82, 2.24) is 5.32 Å². The van der Waals surface area contributed by atoms with Crippen LogP contribution >= 0.6 is 11.8 Å². The van der Waals surface area contributed by atoms with Crippen molar-refractivity contribution in [2.75, 3.05) is 31.7 Å². The van der Waals surface area contributed by atoms with Crippen LogP contribution in [0, 0.1) is 0 Å². The van der Waals surface area contributed by atoms with Gasteiger partial charge in [-0.1, -0.05) is 20.3 Å². The molecule has 0 aliphatic heterocycles. The van der Waals surface area contributed by atoms with Crippen molar-refractivity contribution in [2.24, 2.45) is 0 Å². The third-order valence-corrected chi connectivity index (χ3v) is 3.85. The highest BCUT2D eigenvalue weighted by Crippen LogP contribution is 2.28. The van der Waals surface area contributed by atoms with Gasteiger partial charge in [-0.15, -0.1) is 0 Å². The number of nitrogens with one attached hydrogen (secondary N) is 1. The molecule has 0 atom stereocenters. The SMILES string of the molecule is CC.CCOC(CNCCCCCSC)=C1CCC1. The minimum Gasteiger partial charge on any atom is -0.497 e. The van der Waals surface area contributed by atoms with Crippen molar-refractivity contribution in [2.45, 2.75) is 59.3 Å². The molecule has 1 N–H and O–H groups in total. The summed E-state index contributed by atoms with van der Waals surface area (Å²) in [6.45, 7) is 8.93. The molecular formula is C16H33NOS. The summed E-state index contributed by atoms with van der Waals surface area (Å²) in [4.78, 5) is 0. The van der Waals surface area contributed by atoms with Gasteiger partial charge in [-0.25, -0.2) is 0 Å². The molecule has 0 aromatic heterocycles. The van der Waals surface area contributed by atoms with Gasteiger partial charge in [0.05, 0.1) is 13.2 Å². The van der Waals surface area contributed by atoms with Gasteiger partial charge in [0.2, 0.25) is 0 Å². The molecule has 1 saturated carbocycles. The van der Waals surface area contributed by atoms with Gasteiger partial charge in [0, 0.05) is 0 Å². The van der Waals surface area contributed by atoms with E-state index in [1.807, 2.05) is 25.6 Å². The summed E-state index contributed by atoms with van der Waals surface area (Å²) in [7, 11) is 0. The molecule has 1 aliphatic carbocycles. The van der Waals surface area contributed by atoms with Crippen LogP contribution in [0.15, 0.2) is 11.3 Å². The number of thioether (sulfide) groups is 1. The predicted molar refractivity (Wildman–Crippen MR) is 89.0 cm³/mol. The molecule has 0 amide bonds. The van der Waals surface area contributed by atoms with E-state index < -0.39 is 0 Å². The Hall–Kier alpha value is -0.150. The maximum Gasteiger partial charge on any atom is 0.109 e. The van der Waals surface area contributed by atoms with Gasteiger partial charge in [-0.05, 0) is 63.2 Å². The first-order chi connectivity index (χ1) is 9.38. The van der Waals surface area contributed by atoms with Crippen LogP contribution in [0.3, 0.4) is 0 Å². The van der Waals surface area contributed by atoms with Gasteiger partial charge < -0.3 is 10.1 Å². The average molecular weight is 288 g/mol. The monoisotopic (exact) mass is 287 g/mol. The molecule has 1 fully saturated rings. The summed E-state index contributed by atoms with van der Waals surface area (Å²) >= 11 is 1.94. The molecule has 0 radical (unpaired) electrons. The molecule has 0 aromatic rings. The first-order valence-electron chi connectivity index (χ1n) is 7.91. The Morgan fingerprint density at radius 1 is 1.21 bits per heavy atom. The summed E-state index contributed by atoms with van der Waals surface area (Å²) in [5, 5.41) is 3.51. The van der Waals surface area contributed by atoms with Crippen LogP contribution in [0.4, 0.5) is 0 Å². The Bertz CT molecular complexity index is 223. The second-order valence-corrected chi connectivity index (χ2v) is 5.53. The van der Waals surface area contributed by atoms with E-state index in [4.69, 9.17) is 4.74 Å². The number of ether oxygens (including phenoxy) is 1. The van der Waals surface area contributed by atoms with Crippen LogP contribution in [0.25, 0.3) is 0 Å². The molecule has 0 spiro atoms. The van der Waals surface area contributed by atoms with E-state index in [2.05, 4.69) is 18.5 Å². The fourth-order valence-corrected chi connectivity index (χ4v) is 2.45. The highest BCUT2D eigenvalue weighted by molar-refractivity contribution is 7.98. The summed E-state index contributed by atoms with van der Waals surface area (Å²) in [5.74, 6) is 2.52. The zero-order valence-electron chi connectivity index (χ0n) is 13.4. The fourth-order valence-electron chi connectivity index (χ4n) is 1.96. The predicted octanol–water partition coefficient (Wildman–Crippen LogP) is 4.61. The Kier molecular flexibility index (Phi) is 14.2. The topological polar surface area (TPSA) is 21.3 Å². The molecule has 0 unspecified atom stereocenters. The van der Waals surface area contributed by atoms with E-state index in [9.17, 15) is 0 Å². The molecule has 0 saturated heterocycles. The molecule has 1 rings (SSSR count). The largest absolute Gasteiger partial charge is 0.497 e. The molecule has 1 aliphatic rings. The molecule has 0 heterocycles. The second-order valence-electron chi connectivity index (χ2n) is 4.54. The normalized spacial score (nSPS) is 13.4. The molecule has 2 nitrogen and oxygen atoms in total. The smallest absolute Gasteiger partial charge is 0.109 e. The summed E-state index contributed by atoms with van der Waals surface area (Å²) < 4.78 is 5.70. The number of unbranched alkanes of at least 4 members (excludes halogenated alkanes) is 2. The van der Waals surface area contributed by atoms with Crippen LogP contribution < -0.4 is 5.32 Å². The number of allylic oxidation sites excluding steroid dienone is 1. The van der Waals surface area contributed by atoms with Crippen molar-refractivity contribution in [1.29, 1.82) is 0 Å². The first-order valence-corrected chi connectivity index (χ1v) is 9.31. The van der Waals surface area contributed by atoms with Gasteiger partial charge in [0.1, 0.15) is 5.76 Å². The molecular weight excluding hydrogens is 254 g/mol. The maximum atomic E-state index is 5.70. The van der Waals surface area contributed by atoms with Crippen LogP contribution in [-0.4, -0.2) is 31.7 Å². The Morgan fingerprint density at radius 3 is 2.47 bits per heavy atom. The van der Waals surface area contributed by atoms with Crippen LogP contribution in [-0.2, 0) is 4.74 Å². The second kappa shape index (κ2) is 14.3. The number of hydrogen-bond donors (Lipinski definition) is 1. The van der Waals surface area contributed by atoms with E-state index in [-0.39, 0.29) is 0 Å². The third kappa shape index (κ3) is 9.39. The Labute approximate surface area is 124 Å². The van der Waals surface area contributed by atoms with Crippen molar-refractivity contribution < 1.29 is 4.74 Å². The van der Waals surface area contributed by atoms with Crippen molar-refractivity contribution in [3.63, 3.8) is 0 Å². The minimum atomic E-state index is 0.800. The highest BCUT2D eigenvalue weighted by Gasteiger charge is 2.15. The number of rotatable bonds is 10. The lowest BCUT2D eigenvalue weighted by molar-refractivity contribution is 0.211. The highest BCUT2D eigenvalue weighted by atomic mass is 32.2. The third-order valence-electron chi connectivity index (χ3n) is 3.16. The van der Waals surface area contributed by atoms with Gasteiger partial charge in [0.15, 0.2) is 0 Å². The lowest BCUT2D eigenvalue weighted by atomic mass is 9.91. The van der Waals surface area contributed by atoms with E-state index in [1.165, 1.54) is 50.0 Å².